The summed E-state index contributed by atoms with van der Waals surface area (Å²) in [7, 11) is -1.52. The van der Waals surface area contributed by atoms with Gasteiger partial charge >= 0.3 is 0 Å². The number of benzene rings is 2. The Kier molecular flexibility index (Phi) is 5.90. The van der Waals surface area contributed by atoms with Crippen molar-refractivity contribution in [2.75, 3.05) is 11.9 Å². The van der Waals surface area contributed by atoms with Crippen LogP contribution in [0.2, 0.25) is 5.02 Å². The molecule has 0 heterocycles. The smallest absolute Gasteiger partial charge is 0.240 e. The van der Waals surface area contributed by atoms with Gasteiger partial charge in [-0.2, -0.15) is 0 Å². The molecule has 0 radical (unpaired) electrons. The van der Waals surface area contributed by atoms with Gasteiger partial charge in [0.1, 0.15) is 0 Å². The number of anilines is 1. The number of sulfonamides is 1. The number of rotatable bonds is 5. The second-order valence-electron chi connectivity index (χ2n) is 6.98. The van der Waals surface area contributed by atoms with E-state index in [-0.39, 0.29) is 17.0 Å². The predicted octanol–water partition coefficient (Wildman–Crippen LogP) is 4.37. The lowest BCUT2D eigenvalue weighted by Gasteiger charge is -2.39. The first-order valence-corrected chi connectivity index (χ1v) is 10.8. The summed E-state index contributed by atoms with van der Waals surface area (Å²) in [5.41, 5.74) is 2.32. The van der Waals surface area contributed by atoms with E-state index < -0.39 is 10.0 Å². The molecule has 1 aliphatic carbocycles. The van der Waals surface area contributed by atoms with E-state index in [0.717, 1.165) is 31.4 Å². The molecule has 0 spiro atoms. The Hall–Kier alpha value is -1.56. The van der Waals surface area contributed by atoms with Crippen LogP contribution in [0.25, 0.3) is 0 Å². The van der Waals surface area contributed by atoms with E-state index in [9.17, 15) is 8.42 Å². The lowest BCUT2D eigenvalue weighted by molar-refractivity contribution is 0.351. The first kappa shape index (κ1) is 19.2. The van der Waals surface area contributed by atoms with Gasteiger partial charge in [-0.25, -0.2) is 13.1 Å². The number of halogens is 1. The van der Waals surface area contributed by atoms with Crippen molar-refractivity contribution in [3.05, 3.63) is 59.1 Å². The maximum Gasteiger partial charge on any atom is 0.240 e. The normalized spacial score (nSPS) is 20.7. The van der Waals surface area contributed by atoms with Crippen LogP contribution in [0.15, 0.2) is 53.4 Å². The third-order valence-electron chi connectivity index (χ3n) is 5.07. The molecule has 2 atom stereocenters. The van der Waals surface area contributed by atoms with Crippen LogP contribution in [0, 0.1) is 6.92 Å². The monoisotopic (exact) mass is 392 g/mol. The maximum absolute atomic E-state index is 12.8. The molecular formula is C20H25ClN2O2S. The van der Waals surface area contributed by atoms with Crippen molar-refractivity contribution in [2.24, 2.45) is 0 Å². The zero-order chi connectivity index (χ0) is 18.7. The van der Waals surface area contributed by atoms with Gasteiger partial charge in [-0.3, -0.25) is 0 Å². The van der Waals surface area contributed by atoms with E-state index >= 15 is 0 Å². The number of hydrogen-bond acceptors (Lipinski definition) is 3. The van der Waals surface area contributed by atoms with E-state index in [0.29, 0.717) is 5.02 Å². The summed E-state index contributed by atoms with van der Waals surface area (Å²) in [5, 5.41) is 0.527. The summed E-state index contributed by atoms with van der Waals surface area (Å²) in [5.74, 6) is 0. The Labute approximate surface area is 161 Å². The first-order valence-electron chi connectivity index (χ1n) is 8.94. The highest BCUT2D eigenvalue weighted by Gasteiger charge is 2.32. The highest BCUT2D eigenvalue weighted by atomic mass is 35.5. The molecule has 1 N–H and O–H groups in total. The average Bonchev–Trinajstić information content (AvgIpc) is 2.62. The van der Waals surface area contributed by atoms with E-state index in [4.69, 9.17) is 11.6 Å². The number of hydrogen-bond donors (Lipinski definition) is 1. The molecular weight excluding hydrogens is 368 g/mol. The van der Waals surface area contributed by atoms with Crippen LogP contribution in [0.3, 0.4) is 0 Å². The molecule has 140 valence electrons. The van der Waals surface area contributed by atoms with Crippen molar-refractivity contribution in [3.8, 4) is 0 Å². The summed E-state index contributed by atoms with van der Waals surface area (Å²) in [6.45, 7) is 2.07. The van der Waals surface area contributed by atoms with E-state index in [1.54, 1.807) is 24.3 Å². The highest BCUT2D eigenvalue weighted by molar-refractivity contribution is 7.89. The first-order chi connectivity index (χ1) is 12.4. The molecule has 0 unspecified atom stereocenters. The molecule has 0 saturated heterocycles. The molecule has 4 nitrogen and oxygen atoms in total. The topological polar surface area (TPSA) is 49.4 Å². The van der Waals surface area contributed by atoms with Crippen molar-refractivity contribution in [2.45, 2.75) is 49.6 Å². The third kappa shape index (κ3) is 4.40. The lowest BCUT2D eigenvalue weighted by Crippen LogP contribution is -2.52. The van der Waals surface area contributed by atoms with E-state index in [2.05, 4.69) is 34.7 Å². The lowest BCUT2D eigenvalue weighted by atomic mass is 9.89. The Morgan fingerprint density at radius 1 is 1.08 bits per heavy atom. The fourth-order valence-corrected chi connectivity index (χ4v) is 5.06. The van der Waals surface area contributed by atoms with Crippen LogP contribution in [0.4, 0.5) is 5.69 Å². The van der Waals surface area contributed by atoms with Crippen molar-refractivity contribution in [3.63, 3.8) is 0 Å². The number of nitrogens with one attached hydrogen (secondary N) is 1. The zero-order valence-corrected chi connectivity index (χ0v) is 16.7. The van der Waals surface area contributed by atoms with Gasteiger partial charge < -0.3 is 4.90 Å². The summed E-state index contributed by atoms with van der Waals surface area (Å²) < 4.78 is 28.5. The fraction of sp³-hybridized carbons (Fsp3) is 0.400. The fourth-order valence-electron chi connectivity index (χ4n) is 3.63. The standard InChI is InChI=1S/C20H25ClN2O2S/c1-15-6-5-7-17(14-15)23(2)20-9-4-3-8-19(20)22-26(24,25)18-12-10-16(21)11-13-18/h5-7,10-14,19-20,22H,3-4,8-9H2,1-2H3/t19-,20-/m1/s1. The van der Waals surface area contributed by atoms with Crippen LogP contribution in [0.5, 0.6) is 0 Å². The molecule has 6 heteroatoms. The van der Waals surface area contributed by atoms with Gasteiger partial charge in [0.05, 0.1) is 4.90 Å². The van der Waals surface area contributed by atoms with Gasteiger partial charge in [0.15, 0.2) is 0 Å². The van der Waals surface area contributed by atoms with Crippen LogP contribution in [-0.2, 0) is 10.0 Å². The molecule has 26 heavy (non-hydrogen) atoms. The van der Waals surface area contributed by atoms with Crippen molar-refractivity contribution >= 4 is 27.3 Å². The van der Waals surface area contributed by atoms with Crippen molar-refractivity contribution in [1.82, 2.24) is 4.72 Å². The van der Waals surface area contributed by atoms with Crippen LogP contribution in [-0.4, -0.2) is 27.5 Å². The zero-order valence-electron chi connectivity index (χ0n) is 15.2. The quantitative estimate of drug-likeness (QED) is 0.821. The van der Waals surface area contributed by atoms with Gasteiger partial charge in [-0.1, -0.05) is 36.6 Å². The second-order valence-corrected chi connectivity index (χ2v) is 9.13. The van der Waals surface area contributed by atoms with Gasteiger partial charge in [0.25, 0.3) is 0 Å². The van der Waals surface area contributed by atoms with Gasteiger partial charge in [-0.05, 0) is 61.7 Å². The molecule has 3 rings (SSSR count). The minimum Gasteiger partial charge on any atom is -0.370 e. The second kappa shape index (κ2) is 7.99. The summed E-state index contributed by atoms with van der Waals surface area (Å²) in [6.07, 6.45) is 3.96. The number of aryl methyl sites for hydroxylation is 1. The van der Waals surface area contributed by atoms with Crippen LogP contribution in [0.1, 0.15) is 31.2 Å². The van der Waals surface area contributed by atoms with E-state index in [1.807, 2.05) is 13.1 Å². The molecule has 1 aliphatic rings. The Balaban J connectivity index is 1.81. The Bertz CT molecular complexity index is 852. The third-order valence-corrected chi connectivity index (χ3v) is 6.82. The molecule has 0 amide bonds. The summed E-state index contributed by atoms with van der Waals surface area (Å²) in [4.78, 5) is 2.46. The maximum atomic E-state index is 12.8. The molecule has 1 fully saturated rings. The molecule has 0 aliphatic heterocycles. The minimum atomic E-state index is -3.57. The Morgan fingerprint density at radius 3 is 2.46 bits per heavy atom. The van der Waals surface area contributed by atoms with E-state index in [1.165, 1.54) is 5.56 Å². The van der Waals surface area contributed by atoms with Crippen LogP contribution >= 0.6 is 11.6 Å². The van der Waals surface area contributed by atoms with Gasteiger partial charge in [-0.15, -0.1) is 0 Å². The SMILES string of the molecule is Cc1cccc(N(C)[C@@H]2CCCC[C@H]2NS(=O)(=O)c2ccc(Cl)cc2)c1. The molecule has 2 aromatic rings. The van der Waals surface area contributed by atoms with Crippen molar-refractivity contribution < 1.29 is 8.42 Å². The average molecular weight is 393 g/mol. The summed E-state index contributed by atoms with van der Waals surface area (Å²) in [6, 6.07) is 14.6. The summed E-state index contributed by atoms with van der Waals surface area (Å²) >= 11 is 5.88. The molecule has 2 aromatic carbocycles. The number of likely N-dealkylation sites (N-methyl/N-ethyl adjacent to an activating group) is 1. The largest absolute Gasteiger partial charge is 0.370 e. The highest BCUT2D eigenvalue weighted by Crippen LogP contribution is 2.28. The molecule has 0 bridgehead atoms. The number of nitrogens with zero attached hydrogens (tertiary/aromatic N) is 1. The van der Waals surface area contributed by atoms with Gasteiger partial charge in [0.2, 0.25) is 10.0 Å². The predicted molar refractivity (Wildman–Crippen MR) is 107 cm³/mol. The minimum absolute atomic E-state index is 0.116. The molecule has 1 saturated carbocycles. The Morgan fingerprint density at radius 2 is 1.77 bits per heavy atom. The van der Waals surface area contributed by atoms with Crippen molar-refractivity contribution in [1.29, 1.82) is 0 Å². The van der Waals surface area contributed by atoms with Gasteiger partial charge in [0, 0.05) is 29.8 Å². The van der Waals surface area contributed by atoms with Crippen LogP contribution < -0.4 is 9.62 Å². The molecule has 0 aromatic heterocycles.